The molecule has 1 aromatic heterocycles. The molecule has 1 amide bonds. The molecule has 32 heavy (non-hydrogen) atoms. The number of anilines is 1. The second-order valence-corrected chi connectivity index (χ2v) is 8.21. The van der Waals surface area contributed by atoms with Crippen molar-refractivity contribution in [3.05, 3.63) is 65.5 Å². The first kappa shape index (κ1) is 20.4. The maximum atomic E-state index is 12.7. The Morgan fingerprint density at radius 2 is 1.91 bits per heavy atom. The van der Waals surface area contributed by atoms with E-state index in [1.54, 1.807) is 0 Å². The highest BCUT2D eigenvalue weighted by molar-refractivity contribution is 5.94. The number of likely N-dealkylation sites (tertiary alicyclic amines) is 1. The van der Waals surface area contributed by atoms with Crippen LogP contribution in [0.4, 0.5) is 5.69 Å². The zero-order valence-electron chi connectivity index (χ0n) is 17.7. The molecule has 2 N–H and O–H groups in total. The number of hydrogen-bond acceptors (Lipinski definition) is 7. The number of hydrogen-bond donors (Lipinski definition) is 2. The molecule has 2 saturated heterocycles. The highest BCUT2D eigenvalue weighted by Gasteiger charge is 2.28. The summed E-state index contributed by atoms with van der Waals surface area (Å²) in [5.41, 5.74) is 3.23. The van der Waals surface area contributed by atoms with E-state index in [0.717, 1.165) is 35.2 Å². The summed E-state index contributed by atoms with van der Waals surface area (Å²) in [6, 6.07) is 15.4. The molecule has 0 saturated carbocycles. The van der Waals surface area contributed by atoms with Gasteiger partial charge in [-0.3, -0.25) is 4.79 Å². The van der Waals surface area contributed by atoms with Gasteiger partial charge >= 0.3 is 0 Å². The summed E-state index contributed by atoms with van der Waals surface area (Å²) in [6.45, 7) is 2.67. The van der Waals surface area contributed by atoms with Gasteiger partial charge in [0.2, 0.25) is 11.7 Å². The van der Waals surface area contributed by atoms with Crippen LogP contribution in [0, 0.1) is 5.41 Å². The molecule has 0 spiro atoms. The molecule has 0 radical (unpaired) electrons. The number of carbonyl (C=O) groups is 1. The van der Waals surface area contributed by atoms with Crippen molar-refractivity contribution in [2.24, 2.45) is 0 Å². The highest BCUT2D eigenvalue weighted by Crippen LogP contribution is 2.30. The summed E-state index contributed by atoms with van der Waals surface area (Å²) in [5, 5.41) is 15.2. The third kappa shape index (κ3) is 4.13. The van der Waals surface area contributed by atoms with Crippen LogP contribution in [0.2, 0.25) is 0 Å². The molecule has 2 fully saturated rings. The largest absolute Gasteiger partial charge is 0.377 e. The number of ether oxygens (including phenoxy) is 1. The third-order valence-electron chi connectivity index (χ3n) is 6.06. The quantitative estimate of drug-likeness (QED) is 0.578. The number of benzene rings is 2. The minimum atomic E-state index is 0.0680. The Morgan fingerprint density at radius 1 is 1.12 bits per heavy atom. The standard InChI is InChI=1S/C24H25N5O3/c25-13-19-7-6-18(12-21(19)26-20-14-31-15-20)22-27-23(32-28-22)16-8-10-29(11-9-16)24(30)17-4-2-1-3-5-17/h1-7,12-13,16,20,25-26H,8-11,14-15H2. The Kier molecular flexibility index (Phi) is 5.68. The Morgan fingerprint density at radius 3 is 2.59 bits per heavy atom. The fourth-order valence-electron chi connectivity index (χ4n) is 4.10. The summed E-state index contributed by atoms with van der Waals surface area (Å²) in [4.78, 5) is 19.2. The zero-order valence-corrected chi connectivity index (χ0v) is 17.7. The lowest BCUT2D eigenvalue weighted by Crippen LogP contribution is -2.40. The van der Waals surface area contributed by atoms with Gasteiger partial charge in [-0.2, -0.15) is 4.98 Å². The van der Waals surface area contributed by atoms with Gasteiger partial charge in [0.1, 0.15) is 0 Å². The average Bonchev–Trinajstić information content (AvgIpc) is 3.32. The van der Waals surface area contributed by atoms with Crippen LogP contribution in [0.3, 0.4) is 0 Å². The fourth-order valence-corrected chi connectivity index (χ4v) is 4.10. The second kappa shape index (κ2) is 8.92. The number of rotatable bonds is 6. The van der Waals surface area contributed by atoms with Gasteiger partial charge in [0.25, 0.3) is 5.91 Å². The van der Waals surface area contributed by atoms with E-state index in [9.17, 15) is 4.79 Å². The predicted octanol–water partition coefficient (Wildman–Crippen LogP) is 3.56. The lowest BCUT2D eigenvalue weighted by Gasteiger charge is -2.30. The van der Waals surface area contributed by atoms with Crippen molar-refractivity contribution < 1.29 is 14.1 Å². The maximum absolute atomic E-state index is 12.7. The summed E-state index contributed by atoms with van der Waals surface area (Å²) in [7, 11) is 0. The number of piperidine rings is 1. The van der Waals surface area contributed by atoms with Gasteiger partial charge in [-0.05, 0) is 31.0 Å². The van der Waals surface area contributed by atoms with Gasteiger partial charge in [-0.1, -0.05) is 35.5 Å². The van der Waals surface area contributed by atoms with E-state index in [-0.39, 0.29) is 17.9 Å². The molecular weight excluding hydrogens is 406 g/mol. The highest BCUT2D eigenvalue weighted by atomic mass is 16.5. The molecule has 5 rings (SSSR count). The van der Waals surface area contributed by atoms with E-state index in [2.05, 4.69) is 15.5 Å². The number of nitrogens with zero attached hydrogens (tertiary/aromatic N) is 3. The Bertz CT molecular complexity index is 1100. The van der Waals surface area contributed by atoms with Crippen LogP contribution in [-0.2, 0) is 4.74 Å². The van der Waals surface area contributed by atoms with Gasteiger partial charge in [-0.25, -0.2) is 0 Å². The van der Waals surface area contributed by atoms with E-state index in [0.29, 0.717) is 38.0 Å². The van der Waals surface area contributed by atoms with Crippen molar-refractivity contribution >= 4 is 17.8 Å². The van der Waals surface area contributed by atoms with Crippen molar-refractivity contribution in [1.82, 2.24) is 15.0 Å². The molecule has 3 aromatic rings. The van der Waals surface area contributed by atoms with Crippen LogP contribution < -0.4 is 5.32 Å². The zero-order chi connectivity index (χ0) is 21.9. The molecule has 164 valence electrons. The molecule has 2 aliphatic rings. The van der Waals surface area contributed by atoms with Crippen molar-refractivity contribution in [3.8, 4) is 11.4 Å². The van der Waals surface area contributed by atoms with E-state index in [4.69, 9.17) is 14.7 Å². The van der Waals surface area contributed by atoms with Gasteiger partial charge in [0.05, 0.1) is 19.3 Å². The van der Waals surface area contributed by atoms with Crippen LogP contribution in [0.15, 0.2) is 53.1 Å². The minimum Gasteiger partial charge on any atom is -0.377 e. The molecule has 2 aromatic carbocycles. The molecule has 8 nitrogen and oxygen atoms in total. The van der Waals surface area contributed by atoms with Gasteiger partial charge in [0.15, 0.2) is 0 Å². The van der Waals surface area contributed by atoms with E-state index >= 15 is 0 Å². The topological polar surface area (TPSA) is 104 Å². The molecule has 0 bridgehead atoms. The van der Waals surface area contributed by atoms with Crippen LogP contribution in [0.1, 0.15) is 40.6 Å². The normalized spacial score (nSPS) is 17.1. The third-order valence-corrected chi connectivity index (χ3v) is 6.06. The van der Waals surface area contributed by atoms with Crippen LogP contribution >= 0.6 is 0 Å². The number of amides is 1. The lowest BCUT2D eigenvalue weighted by molar-refractivity contribution is 0.0211. The molecular formula is C24H25N5O3. The predicted molar refractivity (Wildman–Crippen MR) is 120 cm³/mol. The summed E-state index contributed by atoms with van der Waals surface area (Å²) >= 11 is 0. The van der Waals surface area contributed by atoms with Crippen LogP contribution in [0.25, 0.3) is 11.4 Å². The summed E-state index contributed by atoms with van der Waals surface area (Å²) in [6.07, 6.45) is 2.92. The van der Waals surface area contributed by atoms with Gasteiger partial charge in [0, 0.05) is 47.6 Å². The molecule has 0 unspecified atom stereocenters. The first-order valence-electron chi connectivity index (χ1n) is 10.9. The first-order valence-corrected chi connectivity index (χ1v) is 10.9. The first-order chi connectivity index (χ1) is 15.7. The summed E-state index contributed by atoms with van der Waals surface area (Å²) in [5.74, 6) is 1.36. The van der Waals surface area contributed by atoms with Crippen molar-refractivity contribution in [2.75, 3.05) is 31.6 Å². The van der Waals surface area contributed by atoms with E-state index < -0.39 is 0 Å². The summed E-state index contributed by atoms with van der Waals surface area (Å²) < 4.78 is 10.8. The Balaban J connectivity index is 1.26. The number of carbonyl (C=O) groups excluding carboxylic acids is 1. The van der Waals surface area contributed by atoms with Gasteiger partial charge in [-0.15, -0.1) is 0 Å². The molecule has 0 aliphatic carbocycles. The molecule has 3 heterocycles. The minimum absolute atomic E-state index is 0.0680. The number of aromatic nitrogens is 2. The number of nitrogens with one attached hydrogen (secondary N) is 2. The molecule has 2 aliphatic heterocycles. The average molecular weight is 431 g/mol. The fraction of sp³-hybridized carbons (Fsp3) is 0.333. The van der Waals surface area contributed by atoms with Gasteiger partial charge < -0.3 is 24.9 Å². The lowest BCUT2D eigenvalue weighted by atomic mass is 9.96. The monoisotopic (exact) mass is 431 g/mol. The van der Waals surface area contributed by atoms with Crippen LogP contribution in [0.5, 0.6) is 0 Å². The second-order valence-electron chi connectivity index (χ2n) is 8.21. The molecule has 0 atom stereocenters. The van der Waals surface area contributed by atoms with E-state index in [1.165, 1.54) is 6.21 Å². The molecule has 8 heteroatoms. The SMILES string of the molecule is N=Cc1ccc(-c2noc(C3CCN(C(=O)c4ccccc4)CC3)n2)cc1NC1COC1. The van der Waals surface area contributed by atoms with Crippen molar-refractivity contribution in [1.29, 1.82) is 5.41 Å². The van der Waals surface area contributed by atoms with Crippen molar-refractivity contribution in [3.63, 3.8) is 0 Å². The Labute approximate surface area is 186 Å². The smallest absolute Gasteiger partial charge is 0.253 e. The van der Waals surface area contributed by atoms with Crippen molar-refractivity contribution in [2.45, 2.75) is 24.8 Å². The van der Waals surface area contributed by atoms with Crippen LogP contribution in [-0.4, -0.2) is 59.5 Å². The maximum Gasteiger partial charge on any atom is 0.253 e. The Hall–Kier alpha value is -3.52. The van der Waals surface area contributed by atoms with E-state index in [1.807, 2.05) is 53.4 Å².